The standard InChI is InChI=1S/C23H30FN7O3S/c1-7-33-14(3)10-13(2)31(6)22-27-19(18-12-26-21(25)35-18)28-23(29-22)34-17-9-8-15(11-16(17)24)20(32)30(4)5/h8-9,11-14H,7,10H2,1-6H3,(H2,25,26). The molecule has 35 heavy (non-hydrogen) atoms. The van der Waals surface area contributed by atoms with Crippen LogP contribution in [0.4, 0.5) is 15.5 Å². The summed E-state index contributed by atoms with van der Waals surface area (Å²) in [6.07, 6.45) is 2.35. The van der Waals surface area contributed by atoms with Crippen molar-refractivity contribution >= 4 is 28.3 Å². The first-order valence-corrected chi connectivity index (χ1v) is 11.9. The summed E-state index contributed by atoms with van der Waals surface area (Å²) in [6.45, 7) is 6.62. The number of amides is 1. The van der Waals surface area contributed by atoms with Gasteiger partial charge >= 0.3 is 6.01 Å². The van der Waals surface area contributed by atoms with Crippen molar-refractivity contribution in [3.8, 4) is 22.5 Å². The maximum Gasteiger partial charge on any atom is 0.327 e. The molecule has 0 spiro atoms. The predicted molar refractivity (Wildman–Crippen MR) is 133 cm³/mol. The van der Waals surface area contributed by atoms with E-state index < -0.39 is 5.82 Å². The first kappa shape index (κ1) is 26.2. The van der Waals surface area contributed by atoms with Gasteiger partial charge in [0.2, 0.25) is 5.95 Å². The lowest BCUT2D eigenvalue weighted by Crippen LogP contribution is -2.33. The van der Waals surface area contributed by atoms with E-state index in [9.17, 15) is 9.18 Å². The highest BCUT2D eigenvalue weighted by molar-refractivity contribution is 7.18. The molecule has 0 aliphatic heterocycles. The summed E-state index contributed by atoms with van der Waals surface area (Å²) < 4.78 is 26.1. The highest BCUT2D eigenvalue weighted by Crippen LogP contribution is 2.30. The lowest BCUT2D eigenvalue weighted by atomic mass is 10.1. The van der Waals surface area contributed by atoms with E-state index in [0.717, 1.165) is 12.5 Å². The fraction of sp³-hybridized carbons (Fsp3) is 0.435. The van der Waals surface area contributed by atoms with Crippen LogP contribution in [0.1, 0.15) is 37.6 Å². The number of hydrogen-bond acceptors (Lipinski definition) is 10. The van der Waals surface area contributed by atoms with Gasteiger partial charge in [-0.15, -0.1) is 0 Å². The van der Waals surface area contributed by atoms with Gasteiger partial charge in [-0.2, -0.15) is 15.0 Å². The van der Waals surface area contributed by atoms with E-state index >= 15 is 0 Å². The summed E-state index contributed by atoms with van der Waals surface area (Å²) in [5, 5.41) is 0.365. The van der Waals surface area contributed by atoms with Crippen LogP contribution in [0.15, 0.2) is 24.4 Å². The number of nitrogens with zero attached hydrogens (tertiary/aromatic N) is 6. The number of thiazole rings is 1. The van der Waals surface area contributed by atoms with Crippen molar-refractivity contribution < 1.29 is 18.7 Å². The quantitative estimate of drug-likeness (QED) is 0.440. The number of aromatic nitrogens is 4. The summed E-state index contributed by atoms with van der Waals surface area (Å²) >= 11 is 1.22. The fourth-order valence-corrected chi connectivity index (χ4v) is 3.93. The molecule has 0 bridgehead atoms. The molecule has 0 radical (unpaired) electrons. The topological polar surface area (TPSA) is 120 Å². The molecular formula is C23H30FN7O3S. The highest BCUT2D eigenvalue weighted by Gasteiger charge is 2.21. The molecule has 2 unspecified atom stereocenters. The molecule has 2 aromatic heterocycles. The van der Waals surface area contributed by atoms with E-state index in [4.69, 9.17) is 15.2 Å². The Morgan fingerprint density at radius 2 is 1.94 bits per heavy atom. The maximum absolute atomic E-state index is 14.8. The Bertz CT molecular complexity index is 1170. The monoisotopic (exact) mass is 503 g/mol. The first-order chi connectivity index (χ1) is 16.6. The number of halogens is 1. The third-order valence-electron chi connectivity index (χ3n) is 5.23. The second kappa shape index (κ2) is 11.4. The lowest BCUT2D eigenvalue weighted by Gasteiger charge is -2.27. The largest absolute Gasteiger partial charge is 0.421 e. The first-order valence-electron chi connectivity index (χ1n) is 11.1. The zero-order chi connectivity index (χ0) is 25.7. The number of anilines is 2. The van der Waals surface area contributed by atoms with Gasteiger partial charge in [0.1, 0.15) is 0 Å². The molecule has 0 aliphatic carbocycles. The van der Waals surface area contributed by atoms with Gasteiger partial charge in [0, 0.05) is 39.4 Å². The van der Waals surface area contributed by atoms with Crippen molar-refractivity contribution in [1.29, 1.82) is 0 Å². The molecule has 0 saturated carbocycles. The number of ether oxygens (including phenoxy) is 2. The van der Waals surface area contributed by atoms with Crippen LogP contribution in [0.3, 0.4) is 0 Å². The summed E-state index contributed by atoms with van der Waals surface area (Å²) in [7, 11) is 5.05. The van der Waals surface area contributed by atoms with E-state index in [1.54, 1.807) is 20.3 Å². The van der Waals surface area contributed by atoms with Crippen molar-refractivity contribution in [2.24, 2.45) is 0 Å². The molecule has 0 saturated heterocycles. The molecule has 188 valence electrons. The van der Waals surface area contributed by atoms with E-state index in [2.05, 4.69) is 19.9 Å². The van der Waals surface area contributed by atoms with Crippen LogP contribution in [0.25, 0.3) is 10.7 Å². The molecule has 0 fully saturated rings. The summed E-state index contributed by atoms with van der Waals surface area (Å²) in [6, 6.07) is 3.90. The normalized spacial score (nSPS) is 12.8. The molecule has 1 amide bonds. The predicted octanol–water partition coefficient (Wildman–Crippen LogP) is 3.85. The molecule has 2 N–H and O–H groups in total. The second-order valence-electron chi connectivity index (χ2n) is 8.21. The molecule has 0 aliphatic rings. The van der Waals surface area contributed by atoms with Crippen LogP contribution >= 0.6 is 11.3 Å². The minimum Gasteiger partial charge on any atom is -0.421 e. The average molecular weight is 504 g/mol. The van der Waals surface area contributed by atoms with E-state index in [1.165, 1.54) is 28.4 Å². The number of hydrogen-bond donors (Lipinski definition) is 1. The molecule has 3 rings (SSSR count). The summed E-state index contributed by atoms with van der Waals surface area (Å²) in [5.74, 6) is -0.507. The highest BCUT2D eigenvalue weighted by atomic mass is 32.1. The minimum absolute atomic E-state index is 0.0271. The number of nitrogen functional groups attached to an aromatic ring is 1. The SMILES string of the molecule is CCOC(C)CC(C)N(C)c1nc(Oc2ccc(C(=O)N(C)C)cc2F)nc(-c2cnc(N)s2)n1. The van der Waals surface area contributed by atoms with Gasteiger partial charge in [0.15, 0.2) is 22.5 Å². The third-order valence-corrected chi connectivity index (χ3v) is 6.06. The van der Waals surface area contributed by atoms with Gasteiger partial charge < -0.3 is 25.0 Å². The zero-order valence-electron chi connectivity index (χ0n) is 20.6. The number of benzene rings is 1. The summed E-state index contributed by atoms with van der Waals surface area (Å²) in [5.41, 5.74) is 5.99. The molecule has 3 aromatic rings. The Morgan fingerprint density at radius 1 is 1.20 bits per heavy atom. The number of carbonyl (C=O) groups excluding carboxylic acids is 1. The van der Waals surface area contributed by atoms with E-state index in [0.29, 0.717) is 28.4 Å². The molecule has 2 heterocycles. The van der Waals surface area contributed by atoms with Crippen molar-refractivity contribution in [2.45, 2.75) is 39.3 Å². The molecule has 10 nitrogen and oxygen atoms in total. The Hall–Kier alpha value is -3.38. The molecular weight excluding hydrogens is 473 g/mol. The minimum atomic E-state index is -0.712. The lowest BCUT2D eigenvalue weighted by molar-refractivity contribution is 0.0662. The van der Waals surface area contributed by atoms with Crippen molar-refractivity contribution in [2.75, 3.05) is 38.4 Å². The van der Waals surface area contributed by atoms with Gasteiger partial charge in [0.05, 0.1) is 17.2 Å². The maximum atomic E-state index is 14.8. The molecule has 1 aromatic carbocycles. The van der Waals surface area contributed by atoms with Crippen LogP contribution in [0.2, 0.25) is 0 Å². The van der Waals surface area contributed by atoms with Crippen molar-refractivity contribution in [3.05, 3.63) is 35.8 Å². The van der Waals surface area contributed by atoms with Crippen molar-refractivity contribution in [1.82, 2.24) is 24.8 Å². The average Bonchev–Trinajstić information content (AvgIpc) is 3.25. The number of carbonyl (C=O) groups is 1. The Labute approximate surface area is 207 Å². The molecule has 2 atom stereocenters. The fourth-order valence-electron chi connectivity index (χ4n) is 3.31. The summed E-state index contributed by atoms with van der Waals surface area (Å²) in [4.78, 5) is 33.4. The number of rotatable bonds is 10. The second-order valence-corrected chi connectivity index (χ2v) is 9.27. The van der Waals surface area contributed by atoms with Gasteiger partial charge in [-0.3, -0.25) is 4.79 Å². The van der Waals surface area contributed by atoms with Crippen molar-refractivity contribution in [3.63, 3.8) is 0 Å². The zero-order valence-corrected chi connectivity index (χ0v) is 21.5. The van der Waals surface area contributed by atoms with E-state index in [-0.39, 0.29) is 35.4 Å². The van der Waals surface area contributed by atoms with Crippen LogP contribution in [-0.4, -0.2) is 70.6 Å². The van der Waals surface area contributed by atoms with Gasteiger partial charge in [0.25, 0.3) is 5.91 Å². The van der Waals surface area contributed by atoms with E-state index in [1.807, 2.05) is 32.7 Å². The Balaban J connectivity index is 1.94. The number of nitrogens with two attached hydrogens (primary N) is 1. The van der Waals surface area contributed by atoms with Gasteiger partial charge in [-0.25, -0.2) is 9.37 Å². The van der Waals surface area contributed by atoms with Gasteiger partial charge in [-0.05, 0) is 45.4 Å². The van der Waals surface area contributed by atoms with Crippen LogP contribution in [0.5, 0.6) is 11.8 Å². The van der Waals surface area contributed by atoms with Gasteiger partial charge in [-0.1, -0.05) is 11.3 Å². The van der Waals surface area contributed by atoms with Crippen LogP contribution < -0.4 is 15.4 Å². The van der Waals surface area contributed by atoms with Crippen LogP contribution in [-0.2, 0) is 4.74 Å². The smallest absolute Gasteiger partial charge is 0.327 e. The molecule has 12 heteroatoms. The third kappa shape index (κ3) is 6.61. The Kier molecular flexibility index (Phi) is 8.52. The van der Waals surface area contributed by atoms with Crippen LogP contribution in [0, 0.1) is 5.82 Å². The Morgan fingerprint density at radius 3 is 2.54 bits per heavy atom.